The highest BCUT2D eigenvalue weighted by Gasteiger charge is 2.35. The number of benzene rings is 1. The molecule has 1 amide bonds. The predicted octanol–water partition coefficient (Wildman–Crippen LogP) is 1.72. The van der Waals surface area contributed by atoms with Gasteiger partial charge in [-0.1, -0.05) is 25.5 Å². The van der Waals surface area contributed by atoms with E-state index in [1.807, 2.05) is 13.8 Å². The lowest BCUT2D eigenvalue weighted by Crippen LogP contribution is -2.42. The fourth-order valence-corrected chi connectivity index (χ4v) is 5.17. The highest BCUT2D eigenvalue weighted by atomic mass is 32.2. The summed E-state index contributed by atoms with van der Waals surface area (Å²) in [5.74, 6) is -2.08. The first kappa shape index (κ1) is 24.8. The molecule has 10 heteroatoms. The Morgan fingerprint density at radius 3 is 2.45 bits per heavy atom. The lowest BCUT2D eigenvalue weighted by Gasteiger charge is -2.30. The summed E-state index contributed by atoms with van der Waals surface area (Å²) in [5.41, 5.74) is -0.0325. The third-order valence-electron chi connectivity index (χ3n) is 5.17. The lowest BCUT2D eigenvalue weighted by molar-refractivity contribution is -0.153. The number of carbonyl (C=O) groups excluding carboxylic acids is 3. The molecule has 0 radical (unpaired) electrons. The Hall–Kier alpha value is -2.46. The van der Waals surface area contributed by atoms with Gasteiger partial charge >= 0.3 is 11.9 Å². The summed E-state index contributed by atoms with van der Waals surface area (Å²) in [6.07, 6.45) is 2.32. The van der Waals surface area contributed by atoms with Gasteiger partial charge in [0.2, 0.25) is 10.0 Å². The molecule has 1 fully saturated rings. The number of rotatable bonds is 9. The van der Waals surface area contributed by atoms with Crippen molar-refractivity contribution in [1.29, 1.82) is 0 Å². The molecule has 1 aromatic rings. The van der Waals surface area contributed by atoms with Gasteiger partial charge in [-0.2, -0.15) is 4.31 Å². The zero-order valence-corrected chi connectivity index (χ0v) is 18.9. The van der Waals surface area contributed by atoms with E-state index in [0.29, 0.717) is 0 Å². The summed E-state index contributed by atoms with van der Waals surface area (Å²) >= 11 is 0. The van der Waals surface area contributed by atoms with Crippen molar-refractivity contribution in [2.75, 3.05) is 26.8 Å². The number of methoxy groups -OCH3 is 1. The van der Waals surface area contributed by atoms with E-state index in [9.17, 15) is 22.8 Å². The summed E-state index contributed by atoms with van der Waals surface area (Å²) in [5, 5.41) is 2.76. The van der Waals surface area contributed by atoms with Crippen LogP contribution in [0.5, 0.6) is 0 Å². The minimum absolute atomic E-state index is 0.0116. The molecule has 172 valence electrons. The number of amides is 1. The third kappa shape index (κ3) is 6.51. The Bertz CT molecular complexity index is 893. The smallest absolute Gasteiger partial charge is 0.339 e. The SMILES string of the molecule is CCCC(C)NC(=O)COC(=O)C1CCN(S(=O)(=O)c2ccccc2C(=O)OC)CC1. The van der Waals surface area contributed by atoms with Crippen LogP contribution in [0, 0.1) is 5.92 Å². The Morgan fingerprint density at radius 2 is 1.84 bits per heavy atom. The van der Waals surface area contributed by atoms with Gasteiger partial charge in [-0.15, -0.1) is 0 Å². The van der Waals surface area contributed by atoms with Crippen molar-refractivity contribution >= 4 is 27.9 Å². The largest absolute Gasteiger partial charge is 0.465 e. The van der Waals surface area contributed by atoms with Crippen molar-refractivity contribution in [3.63, 3.8) is 0 Å². The van der Waals surface area contributed by atoms with Crippen LogP contribution in [0.4, 0.5) is 0 Å². The molecule has 1 heterocycles. The average Bonchev–Trinajstić information content (AvgIpc) is 2.77. The summed E-state index contributed by atoms with van der Waals surface area (Å²) in [4.78, 5) is 36.0. The number of nitrogens with one attached hydrogen (secondary N) is 1. The van der Waals surface area contributed by atoms with Crippen LogP contribution in [0.25, 0.3) is 0 Å². The standard InChI is InChI=1S/C21H30N2O7S/c1-4-7-15(2)22-19(24)14-30-20(25)16-10-12-23(13-11-16)31(27,28)18-9-6-5-8-17(18)21(26)29-3/h5-6,8-9,15-16H,4,7,10-14H2,1-3H3,(H,22,24). The van der Waals surface area contributed by atoms with E-state index < -0.39 is 27.9 Å². The molecule has 1 unspecified atom stereocenters. The fraction of sp³-hybridized carbons (Fsp3) is 0.571. The molecular weight excluding hydrogens is 424 g/mol. The normalized spacial score (nSPS) is 16.4. The molecule has 1 saturated heterocycles. The molecule has 0 spiro atoms. The minimum atomic E-state index is -3.93. The molecule has 9 nitrogen and oxygen atoms in total. The number of hydrogen-bond donors (Lipinski definition) is 1. The van der Waals surface area contributed by atoms with Crippen LogP contribution in [0.1, 0.15) is 49.9 Å². The molecule has 2 rings (SSSR count). The number of sulfonamides is 1. The van der Waals surface area contributed by atoms with Gasteiger partial charge in [0.15, 0.2) is 6.61 Å². The Kier molecular flexibility index (Phi) is 9.00. The Morgan fingerprint density at radius 1 is 1.19 bits per heavy atom. The number of esters is 2. The maximum Gasteiger partial charge on any atom is 0.339 e. The van der Waals surface area contributed by atoms with Crippen molar-refractivity contribution in [3.8, 4) is 0 Å². The summed E-state index contributed by atoms with van der Waals surface area (Å²) in [6, 6.07) is 5.87. The van der Waals surface area contributed by atoms with Crippen LogP contribution in [-0.2, 0) is 29.1 Å². The van der Waals surface area contributed by atoms with E-state index >= 15 is 0 Å². The molecule has 1 aliphatic rings. The molecule has 0 aromatic heterocycles. The molecule has 1 aromatic carbocycles. The first-order chi connectivity index (χ1) is 14.7. The molecule has 31 heavy (non-hydrogen) atoms. The number of hydrogen-bond acceptors (Lipinski definition) is 7. The van der Waals surface area contributed by atoms with E-state index in [1.165, 1.54) is 29.6 Å². The van der Waals surface area contributed by atoms with Crippen molar-refractivity contribution in [1.82, 2.24) is 9.62 Å². The van der Waals surface area contributed by atoms with Gasteiger partial charge in [-0.3, -0.25) is 9.59 Å². The van der Waals surface area contributed by atoms with Gasteiger partial charge < -0.3 is 14.8 Å². The number of piperidine rings is 1. The average molecular weight is 455 g/mol. The first-order valence-electron chi connectivity index (χ1n) is 10.3. The van der Waals surface area contributed by atoms with Crippen LogP contribution >= 0.6 is 0 Å². The van der Waals surface area contributed by atoms with Crippen LogP contribution < -0.4 is 5.32 Å². The van der Waals surface area contributed by atoms with E-state index in [1.54, 1.807) is 6.07 Å². The lowest BCUT2D eigenvalue weighted by atomic mass is 9.98. The van der Waals surface area contributed by atoms with Gasteiger partial charge in [-0.25, -0.2) is 13.2 Å². The molecular formula is C21H30N2O7S. The second kappa shape index (κ2) is 11.2. The highest BCUT2D eigenvalue weighted by Crippen LogP contribution is 2.26. The van der Waals surface area contributed by atoms with E-state index in [-0.39, 0.29) is 54.9 Å². The maximum absolute atomic E-state index is 13.0. The predicted molar refractivity (Wildman–Crippen MR) is 113 cm³/mol. The second-order valence-electron chi connectivity index (χ2n) is 7.53. The number of carbonyl (C=O) groups is 3. The van der Waals surface area contributed by atoms with Gasteiger partial charge in [-0.05, 0) is 38.3 Å². The topological polar surface area (TPSA) is 119 Å². The number of nitrogens with zero attached hydrogens (tertiary/aromatic N) is 1. The zero-order chi connectivity index (χ0) is 23.0. The van der Waals surface area contributed by atoms with Gasteiger partial charge in [0, 0.05) is 19.1 Å². The van der Waals surface area contributed by atoms with Gasteiger partial charge in [0.05, 0.1) is 23.5 Å². The van der Waals surface area contributed by atoms with Crippen molar-refractivity contribution in [2.45, 2.75) is 50.5 Å². The van der Waals surface area contributed by atoms with Crippen molar-refractivity contribution in [2.24, 2.45) is 5.92 Å². The van der Waals surface area contributed by atoms with Crippen LogP contribution in [0.3, 0.4) is 0 Å². The van der Waals surface area contributed by atoms with Crippen molar-refractivity contribution in [3.05, 3.63) is 29.8 Å². The second-order valence-corrected chi connectivity index (χ2v) is 9.44. The van der Waals surface area contributed by atoms with E-state index in [0.717, 1.165) is 12.8 Å². The van der Waals surface area contributed by atoms with E-state index in [4.69, 9.17) is 4.74 Å². The molecule has 0 aliphatic carbocycles. The highest BCUT2D eigenvalue weighted by molar-refractivity contribution is 7.89. The fourth-order valence-electron chi connectivity index (χ4n) is 3.52. The molecule has 1 atom stereocenters. The molecule has 0 saturated carbocycles. The van der Waals surface area contributed by atoms with Crippen LogP contribution in [0.15, 0.2) is 29.2 Å². The maximum atomic E-state index is 13.0. The van der Waals surface area contributed by atoms with E-state index in [2.05, 4.69) is 10.1 Å². The summed E-state index contributed by atoms with van der Waals surface area (Å²) < 4.78 is 37.1. The monoisotopic (exact) mass is 454 g/mol. The minimum Gasteiger partial charge on any atom is -0.465 e. The molecule has 1 N–H and O–H groups in total. The molecule has 1 aliphatic heterocycles. The zero-order valence-electron chi connectivity index (χ0n) is 18.1. The third-order valence-corrected chi connectivity index (χ3v) is 7.13. The summed E-state index contributed by atoms with van der Waals surface area (Å²) in [7, 11) is -2.74. The molecule has 0 bridgehead atoms. The Labute approximate surface area is 183 Å². The van der Waals surface area contributed by atoms with Gasteiger partial charge in [0.25, 0.3) is 5.91 Å². The van der Waals surface area contributed by atoms with Crippen molar-refractivity contribution < 1.29 is 32.3 Å². The first-order valence-corrected chi connectivity index (χ1v) is 11.8. The number of ether oxygens (including phenoxy) is 2. The van der Waals surface area contributed by atoms with Crippen LogP contribution in [-0.4, -0.2) is 63.4 Å². The quantitative estimate of drug-likeness (QED) is 0.564. The summed E-state index contributed by atoms with van der Waals surface area (Å²) in [6.45, 7) is 3.77. The Balaban J connectivity index is 1.93. The van der Waals surface area contributed by atoms with Crippen LogP contribution in [0.2, 0.25) is 0 Å². The van der Waals surface area contributed by atoms with Gasteiger partial charge in [0.1, 0.15) is 0 Å².